The minimum Gasteiger partial charge on any atom is -0.468 e. The topological polar surface area (TPSA) is 100 Å². The maximum absolute atomic E-state index is 13.2. The second-order valence-electron chi connectivity index (χ2n) is 9.32. The third kappa shape index (κ3) is 8.80. The largest absolute Gasteiger partial charge is 0.468 e. The van der Waals surface area contributed by atoms with Gasteiger partial charge in [0, 0.05) is 19.5 Å². The first kappa shape index (κ1) is 28.6. The normalized spacial score (nSPS) is 12.2. The Kier molecular flexibility index (Phi) is 10.9. The molecule has 0 spiro atoms. The highest BCUT2D eigenvalue weighted by Crippen LogP contribution is 2.27. The SMILES string of the molecule is CCC(OC(=O)C(C)(C)Cc1ccc(C)c(C)c1)N(Cc1ccc(OCOCCN)cc1)C(N)=S. The van der Waals surface area contributed by atoms with E-state index in [0.717, 1.165) is 11.1 Å². The van der Waals surface area contributed by atoms with Gasteiger partial charge in [-0.15, -0.1) is 0 Å². The molecule has 0 saturated carbocycles. The third-order valence-corrected chi connectivity index (χ3v) is 6.07. The van der Waals surface area contributed by atoms with Gasteiger partial charge in [0.05, 0.1) is 12.0 Å². The molecule has 0 aliphatic heterocycles. The molecule has 0 radical (unpaired) electrons. The molecular formula is C27H39N3O4S. The van der Waals surface area contributed by atoms with Gasteiger partial charge in [-0.05, 0) is 80.7 Å². The smallest absolute Gasteiger partial charge is 0.313 e. The number of nitrogens with two attached hydrogens (primary N) is 2. The van der Waals surface area contributed by atoms with Gasteiger partial charge < -0.3 is 30.6 Å². The molecule has 2 aromatic carbocycles. The van der Waals surface area contributed by atoms with E-state index in [1.54, 1.807) is 4.90 Å². The van der Waals surface area contributed by atoms with Crippen molar-refractivity contribution < 1.29 is 19.0 Å². The molecule has 0 aliphatic rings. The van der Waals surface area contributed by atoms with Crippen LogP contribution in [0.2, 0.25) is 0 Å². The molecule has 0 fully saturated rings. The summed E-state index contributed by atoms with van der Waals surface area (Å²) < 4.78 is 16.7. The number of nitrogens with zero attached hydrogens (tertiary/aromatic N) is 1. The van der Waals surface area contributed by atoms with Crippen molar-refractivity contribution in [2.45, 2.75) is 60.2 Å². The summed E-state index contributed by atoms with van der Waals surface area (Å²) in [6.45, 7) is 11.3. The van der Waals surface area contributed by atoms with Crippen molar-refractivity contribution in [3.05, 3.63) is 64.7 Å². The van der Waals surface area contributed by atoms with Crippen molar-refractivity contribution in [3.8, 4) is 5.75 Å². The predicted octanol–water partition coefficient (Wildman–Crippen LogP) is 4.21. The fraction of sp³-hybridized carbons (Fsp3) is 0.481. The van der Waals surface area contributed by atoms with Crippen LogP contribution < -0.4 is 16.2 Å². The lowest BCUT2D eigenvalue weighted by atomic mass is 9.85. The van der Waals surface area contributed by atoms with Crippen LogP contribution in [-0.4, -0.2) is 42.2 Å². The van der Waals surface area contributed by atoms with E-state index in [0.29, 0.717) is 38.3 Å². The summed E-state index contributed by atoms with van der Waals surface area (Å²) in [6, 6.07) is 13.8. The van der Waals surface area contributed by atoms with Crippen molar-refractivity contribution in [2.75, 3.05) is 19.9 Å². The Hall–Kier alpha value is -2.68. The fourth-order valence-electron chi connectivity index (χ4n) is 3.61. The molecule has 0 aliphatic carbocycles. The van der Waals surface area contributed by atoms with Crippen LogP contribution in [0.25, 0.3) is 0 Å². The van der Waals surface area contributed by atoms with Crippen molar-refractivity contribution in [2.24, 2.45) is 16.9 Å². The lowest BCUT2D eigenvalue weighted by Gasteiger charge is -2.34. The zero-order valence-corrected chi connectivity index (χ0v) is 22.3. The van der Waals surface area contributed by atoms with Gasteiger partial charge in [-0.2, -0.15) is 0 Å². The molecule has 0 saturated heterocycles. The van der Waals surface area contributed by atoms with Crippen LogP contribution in [-0.2, 0) is 27.2 Å². The molecule has 192 valence electrons. The van der Waals surface area contributed by atoms with Gasteiger partial charge in [-0.1, -0.05) is 37.3 Å². The van der Waals surface area contributed by atoms with E-state index in [1.165, 1.54) is 11.1 Å². The van der Waals surface area contributed by atoms with Gasteiger partial charge in [-0.25, -0.2) is 0 Å². The van der Waals surface area contributed by atoms with Crippen LogP contribution in [0.4, 0.5) is 0 Å². The Balaban J connectivity index is 2.05. The number of hydrogen-bond donors (Lipinski definition) is 2. The van der Waals surface area contributed by atoms with Gasteiger partial charge in [0.25, 0.3) is 0 Å². The van der Waals surface area contributed by atoms with Gasteiger partial charge >= 0.3 is 5.97 Å². The molecule has 1 atom stereocenters. The molecule has 8 heteroatoms. The molecule has 35 heavy (non-hydrogen) atoms. The fourth-order valence-corrected chi connectivity index (χ4v) is 3.79. The maximum atomic E-state index is 13.2. The monoisotopic (exact) mass is 501 g/mol. The van der Waals surface area contributed by atoms with E-state index in [-0.39, 0.29) is 17.9 Å². The van der Waals surface area contributed by atoms with E-state index in [9.17, 15) is 4.79 Å². The lowest BCUT2D eigenvalue weighted by Crippen LogP contribution is -2.46. The number of ether oxygens (including phenoxy) is 3. The number of aryl methyl sites for hydroxylation is 2. The van der Waals surface area contributed by atoms with E-state index >= 15 is 0 Å². The molecule has 2 aromatic rings. The zero-order chi connectivity index (χ0) is 26.0. The van der Waals surface area contributed by atoms with E-state index < -0.39 is 11.6 Å². The standard InChI is InChI=1S/C27H39N3O4S/c1-6-24(34-25(31)27(4,5)16-22-8-7-19(2)20(3)15-22)30(26(29)35)17-21-9-11-23(12-10-21)33-18-32-14-13-28/h7-12,15,24H,6,13-14,16-18,28H2,1-5H3,(H2,29,35). The van der Waals surface area contributed by atoms with Crippen LogP contribution in [0.3, 0.4) is 0 Å². The van der Waals surface area contributed by atoms with E-state index in [2.05, 4.69) is 32.0 Å². The molecule has 4 N–H and O–H groups in total. The molecule has 1 unspecified atom stereocenters. The zero-order valence-electron chi connectivity index (χ0n) is 21.5. The Labute approximate surface area is 214 Å². The number of carbonyl (C=O) groups excluding carboxylic acids is 1. The van der Waals surface area contributed by atoms with E-state index in [1.807, 2.05) is 45.0 Å². The van der Waals surface area contributed by atoms with E-state index in [4.69, 9.17) is 37.9 Å². The average molecular weight is 502 g/mol. The van der Waals surface area contributed by atoms with Crippen LogP contribution >= 0.6 is 12.2 Å². The minimum atomic E-state index is -0.706. The Morgan fingerprint density at radius 2 is 1.74 bits per heavy atom. The molecule has 2 rings (SSSR count). The van der Waals surface area contributed by atoms with Crippen LogP contribution in [0, 0.1) is 19.3 Å². The summed E-state index contributed by atoms with van der Waals surface area (Å²) in [6.07, 6.45) is 0.551. The first-order chi connectivity index (χ1) is 16.6. The summed E-state index contributed by atoms with van der Waals surface area (Å²) in [7, 11) is 0. The van der Waals surface area contributed by atoms with Crippen molar-refractivity contribution >= 4 is 23.3 Å². The highest BCUT2D eigenvalue weighted by atomic mass is 32.1. The maximum Gasteiger partial charge on any atom is 0.313 e. The molecular weight excluding hydrogens is 462 g/mol. The molecule has 7 nitrogen and oxygen atoms in total. The summed E-state index contributed by atoms with van der Waals surface area (Å²) in [5.41, 5.74) is 15.2. The summed E-state index contributed by atoms with van der Waals surface area (Å²) in [5, 5.41) is 0.173. The summed E-state index contributed by atoms with van der Waals surface area (Å²) in [5.74, 6) is 0.393. The first-order valence-electron chi connectivity index (χ1n) is 11.9. The summed E-state index contributed by atoms with van der Waals surface area (Å²) >= 11 is 5.31. The van der Waals surface area contributed by atoms with Crippen molar-refractivity contribution in [1.29, 1.82) is 0 Å². The Bertz CT molecular complexity index is 979. The van der Waals surface area contributed by atoms with Crippen LogP contribution in [0.1, 0.15) is 49.4 Å². The summed E-state index contributed by atoms with van der Waals surface area (Å²) in [4.78, 5) is 14.9. The van der Waals surface area contributed by atoms with Crippen LogP contribution in [0.15, 0.2) is 42.5 Å². The average Bonchev–Trinajstić information content (AvgIpc) is 2.81. The molecule has 0 bridgehead atoms. The molecule has 0 amide bonds. The minimum absolute atomic E-state index is 0.140. The Morgan fingerprint density at radius 3 is 2.31 bits per heavy atom. The number of benzene rings is 2. The molecule has 0 heterocycles. The number of rotatable bonds is 13. The second kappa shape index (κ2) is 13.4. The van der Waals surface area contributed by atoms with Crippen molar-refractivity contribution in [1.82, 2.24) is 4.90 Å². The third-order valence-electron chi connectivity index (χ3n) is 5.84. The number of carbonyl (C=O) groups is 1. The van der Waals surface area contributed by atoms with Crippen LogP contribution in [0.5, 0.6) is 5.75 Å². The Morgan fingerprint density at radius 1 is 1.09 bits per heavy atom. The number of hydrogen-bond acceptors (Lipinski definition) is 6. The van der Waals surface area contributed by atoms with Gasteiger partial charge in [0.1, 0.15) is 5.75 Å². The van der Waals surface area contributed by atoms with Crippen molar-refractivity contribution in [3.63, 3.8) is 0 Å². The molecule has 0 aromatic heterocycles. The lowest BCUT2D eigenvalue weighted by molar-refractivity contribution is -0.167. The number of esters is 1. The quantitative estimate of drug-likeness (QED) is 0.182. The first-order valence-corrected chi connectivity index (χ1v) is 12.3. The highest BCUT2D eigenvalue weighted by Gasteiger charge is 2.33. The number of thiocarbonyl (C=S) groups is 1. The van der Waals surface area contributed by atoms with Gasteiger partial charge in [0.2, 0.25) is 0 Å². The predicted molar refractivity (Wildman–Crippen MR) is 143 cm³/mol. The van der Waals surface area contributed by atoms with Gasteiger partial charge in [-0.3, -0.25) is 4.79 Å². The second-order valence-corrected chi connectivity index (χ2v) is 9.73. The van der Waals surface area contributed by atoms with Gasteiger partial charge in [0.15, 0.2) is 18.1 Å². The highest BCUT2D eigenvalue weighted by molar-refractivity contribution is 7.80.